The van der Waals surface area contributed by atoms with Crippen molar-refractivity contribution >= 4 is 22.6 Å². The van der Waals surface area contributed by atoms with Crippen LogP contribution in [-0.2, 0) is 0 Å². The van der Waals surface area contributed by atoms with E-state index in [0.29, 0.717) is 5.56 Å². The predicted octanol–water partition coefficient (Wildman–Crippen LogP) is 1.68. The Labute approximate surface area is 73.9 Å². The third-order valence-corrected chi connectivity index (χ3v) is 1.62. The number of rotatable bonds is 1. The fourth-order valence-corrected chi connectivity index (χ4v) is 1.19. The Morgan fingerprint density at radius 2 is 2.33 bits per heavy atom. The van der Waals surface area contributed by atoms with Crippen molar-refractivity contribution in [1.82, 2.24) is 4.98 Å². The molecule has 3 nitrogen and oxygen atoms in total. The number of hydrogen-bond donors (Lipinski definition) is 2. The molecule has 1 aromatic rings. The number of halogens is 2. The van der Waals surface area contributed by atoms with Crippen molar-refractivity contribution in [1.29, 1.82) is 5.41 Å². The first-order chi connectivity index (χ1) is 5.52. The summed E-state index contributed by atoms with van der Waals surface area (Å²) in [5, 5.41) is 6.89. The second-order valence-corrected chi connectivity index (χ2v) is 2.71. The molecule has 0 saturated heterocycles. The van der Waals surface area contributed by atoms with Gasteiger partial charge in [0.2, 0.25) is 5.95 Å². The van der Waals surface area contributed by atoms with E-state index in [1.165, 1.54) is 6.07 Å². The van der Waals surface area contributed by atoms with E-state index in [0.717, 1.165) is 0 Å². The van der Waals surface area contributed by atoms with E-state index in [4.69, 9.17) is 22.7 Å². The van der Waals surface area contributed by atoms with Crippen LogP contribution in [0.1, 0.15) is 11.1 Å². The zero-order chi connectivity index (χ0) is 9.30. The van der Waals surface area contributed by atoms with Gasteiger partial charge in [-0.05, 0) is 18.6 Å². The maximum absolute atomic E-state index is 12.6. The molecule has 0 aliphatic heterocycles. The van der Waals surface area contributed by atoms with Crippen molar-refractivity contribution in [2.75, 3.05) is 5.73 Å². The predicted molar refractivity (Wildman–Crippen MR) is 46.0 cm³/mol. The molecule has 0 unspecified atom stereocenters. The lowest BCUT2D eigenvalue weighted by atomic mass is 10.1. The molecule has 0 aliphatic rings. The molecule has 5 heteroatoms. The lowest BCUT2D eigenvalue weighted by Crippen LogP contribution is -2.05. The normalized spacial score (nSPS) is 9.92. The van der Waals surface area contributed by atoms with Crippen LogP contribution in [0.5, 0.6) is 0 Å². The summed E-state index contributed by atoms with van der Waals surface area (Å²) in [6.45, 7) is 1.62. The molecule has 0 saturated carbocycles. The summed E-state index contributed by atoms with van der Waals surface area (Å²) in [5.41, 5.74) is 6.15. The lowest BCUT2D eigenvalue weighted by Gasteiger charge is -2.04. The van der Waals surface area contributed by atoms with Crippen LogP contribution in [0.25, 0.3) is 0 Å². The maximum Gasteiger partial charge on any atom is 0.215 e. The highest BCUT2D eigenvalue weighted by Gasteiger charge is 2.09. The van der Waals surface area contributed by atoms with E-state index in [-0.39, 0.29) is 16.6 Å². The van der Waals surface area contributed by atoms with Gasteiger partial charge >= 0.3 is 0 Å². The summed E-state index contributed by atoms with van der Waals surface area (Å²) in [4.78, 5) is 3.34. The number of aromatic nitrogens is 1. The highest BCUT2D eigenvalue weighted by Crippen LogP contribution is 2.17. The Bertz CT molecular complexity index is 314. The minimum Gasteiger partial charge on any atom is -0.383 e. The molecule has 1 aromatic heterocycles. The van der Waals surface area contributed by atoms with Crippen LogP contribution >= 0.6 is 11.6 Å². The van der Waals surface area contributed by atoms with Crippen LogP contribution in [0.4, 0.5) is 10.2 Å². The van der Waals surface area contributed by atoms with Crippen molar-refractivity contribution in [3.05, 3.63) is 23.1 Å². The van der Waals surface area contributed by atoms with Crippen molar-refractivity contribution < 1.29 is 4.39 Å². The van der Waals surface area contributed by atoms with E-state index in [1.54, 1.807) is 6.92 Å². The monoisotopic (exact) mass is 187 g/mol. The van der Waals surface area contributed by atoms with Crippen molar-refractivity contribution in [2.24, 2.45) is 0 Å². The van der Waals surface area contributed by atoms with Gasteiger partial charge < -0.3 is 5.73 Å². The topological polar surface area (TPSA) is 62.8 Å². The minimum atomic E-state index is -0.660. The zero-order valence-electron chi connectivity index (χ0n) is 6.36. The van der Waals surface area contributed by atoms with Gasteiger partial charge in [-0.1, -0.05) is 11.6 Å². The summed E-state index contributed by atoms with van der Waals surface area (Å²) in [6.07, 6.45) is 0. The van der Waals surface area contributed by atoms with Gasteiger partial charge in [0.1, 0.15) is 11.0 Å². The van der Waals surface area contributed by atoms with Crippen molar-refractivity contribution in [2.45, 2.75) is 6.92 Å². The maximum atomic E-state index is 12.6. The van der Waals surface area contributed by atoms with Crippen molar-refractivity contribution in [3.8, 4) is 0 Å². The van der Waals surface area contributed by atoms with E-state index in [1.807, 2.05) is 0 Å². The number of aryl methyl sites for hydroxylation is 1. The first-order valence-electron chi connectivity index (χ1n) is 3.19. The van der Waals surface area contributed by atoms with Gasteiger partial charge in [0.05, 0.1) is 5.56 Å². The second kappa shape index (κ2) is 3.06. The van der Waals surface area contributed by atoms with Gasteiger partial charge in [-0.25, -0.2) is 4.98 Å². The molecule has 0 aromatic carbocycles. The van der Waals surface area contributed by atoms with E-state index in [9.17, 15) is 4.39 Å². The van der Waals surface area contributed by atoms with Crippen LogP contribution in [0.2, 0.25) is 0 Å². The summed E-state index contributed by atoms with van der Waals surface area (Å²) in [7, 11) is 0. The Hall–Kier alpha value is -1.16. The fourth-order valence-electron chi connectivity index (χ4n) is 0.942. The molecular weight excluding hydrogens is 181 g/mol. The number of nitrogens with zero attached hydrogens (tertiary/aromatic N) is 1. The molecule has 3 N–H and O–H groups in total. The molecule has 64 valence electrons. The molecule has 0 fully saturated rings. The number of nitrogens with two attached hydrogens (primary N) is 1. The molecule has 0 bridgehead atoms. The summed E-state index contributed by atoms with van der Waals surface area (Å²) in [5.74, 6) is -0.709. The summed E-state index contributed by atoms with van der Waals surface area (Å²) >= 11 is 5.41. The highest BCUT2D eigenvalue weighted by atomic mass is 35.5. The number of anilines is 1. The van der Waals surface area contributed by atoms with Gasteiger partial charge in [0, 0.05) is 0 Å². The van der Waals surface area contributed by atoms with Gasteiger partial charge in [0.25, 0.3) is 0 Å². The molecular formula is C7H7ClFN3. The van der Waals surface area contributed by atoms with Crippen LogP contribution < -0.4 is 5.73 Å². The van der Waals surface area contributed by atoms with E-state index < -0.39 is 5.95 Å². The average molecular weight is 188 g/mol. The molecule has 1 heterocycles. The second-order valence-electron chi connectivity index (χ2n) is 2.34. The van der Waals surface area contributed by atoms with Gasteiger partial charge in [-0.2, -0.15) is 4.39 Å². The first kappa shape index (κ1) is 8.93. The Balaban J connectivity index is 3.38. The molecule has 0 spiro atoms. The largest absolute Gasteiger partial charge is 0.383 e. The van der Waals surface area contributed by atoms with Gasteiger partial charge in [-0.15, -0.1) is 0 Å². The smallest absolute Gasteiger partial charge is 0.215 e. The summed E-state index contributed by atoms with van der Waals surface area (Å²) < 4.78 is 12.6. The number of nitrogen functional groups attached to an aromatic ring is 1. The van der Waals surface area contributed by atoms with Crippen LogP contribution in [0.15, 0.2) is 6.07 Å². The molecule has 0 amide bonds. The lowest BCUT2D eigenvalue weighted by molar-refractivity contribution is 0.584. The Morgan fingerprint density at radius 1 is 1.75 bits per heavy atom. The molecule has 1 rings (SSSR count). The van der Waals surface area contributed by atoms with Crippen LogP contribution in [0.3, 0.4) is 0 Å². The quantitative estimate of drug-likeness (QED) is 0.519. The minimum absolute atomic E-state index is 0.0486. The van der Waals surface area contributed by atoms with E-state index in [2.05, 4.69) is 4.98 Å². The van der Waals surface area contributed by atoms with Crippen LogP contribution in [0, 0.1) is 18.3 Å². The fraction of sp³-hybridized carbons (Fsp3) is 0.143. The Kier molecular flexibility index (Phi) is 2.28. The number of nitrogens with one attached hydrogen (secondary N) is 1. The molecule has 12 heavy (non-hydrogen) atoms. The first-order valence-corrected chi connectivity index (χ1v) is 3.57. The third kappa shape index (κ3) is 1.53. The molecule has 0 aliphatic carbocycles. The molecule has 0 atom stereocenters. The highest BCUT2D eigenvalue weighted by molar-refractivity contribution is 6.69. The standard InChI is InChI=1S/C7H7ClFN3/c1-3-2-4(9)12-7(11)5(3)6(8)10/h2,10H,1H3,(H2,11,12). The number of pyridine rings is 1. The van der Waals surface area contributed by atoms with Gasteiger partial charge in [0.15, 0.2) is 0 Å². The summed E-state index contributed by atoms with van der Waals surface area (Å²) in [6, 6.07) is 1.18. The van der Waals surface area contributed by atoms with E-state index >= 15 is 0 Å². The zero-order valence-corrected chi connectivity index (χ0v) is 7.11. The van der Waals surface area contributed by atoms with Crippen LogP contribution in [-0.4, -0.2) is 10.2 Å². The average Bonchev–Trinajstić information content (AvgIpc) is 1.82. The number of hydrogen-bond acceptors (Lipinski definition) is 3. The molecule has 0 radical (unpaired) electrons. The van der Waals surface area contributed by atoms with Gasteiger partial charge in [-0.3, -0.25) is 5.41 Å². The van der Waals surface area contributed by atoms with Crippen molar-refractivity contribution in [3.63, 3.8) is 0 Å². The SMILES string of the molecule is Cc1cc(F)nc(N)c1C(=N)Cl. The Morgan fingerprint density at radius 3 is 2.75 bits per heavy atom. The third-order valence-electron chi connectivity index (χ3n) is 1.43.